The molecule has 4 heteroatoms. The third-order valence-electron chi connectivity index (χ3n) is 3.53. The van der Waals surface area contributed by atoms with Gasteiger partial charge in [0, 0.05) is 29.8 Å². The number of hydrogen-bond acceptors (Lipinski definition) is 4. The van der Waals surface area contributed by atoms with Gasteiger partial charge < -0.3 is 20.4 Å². The zero-order valence-corrected chi connectivity index (χ0v) is 11.9. The van der Waals surface area contributed by atoms with Gasteiger partial charge in [-0.2, -0.15) is 0 Å². The molecule has 0 aromatic heterocycles. The van der Waals surface area contributed by atoms with Crippen molar-refractivity contribution in [3.8, 4) is 11.5 Å². The van der Waals surface area contributed by atoms with Crippen LogP contribution in [0.3, 0.4) is 0 Å². The van der Waals surface area contributed by atoms with Crippen molar-refractivity contribution < 1.29 is 10.2 Å². The number of aromatic hydroxyl groups is 2. The van der Waals surface area contributed by atoms with E-state index in [0.29, 0.717) is 0 Å². The summed E-state index contributed by atoms with van der Waals surface area (Å²) in [6.45, 7) is 7.12. The zero-order chi connectivity index (χ0) is 13.9. The van der Waals surface area contributed by atoms with Crippen molar-refractivity contribution >= 4 is 0 Å². The average molecular weight is 252 g/mol. The highest BCUT2D eigenvalue weighted by Gasteiger charge is 2.21. The number of benzene rings is 1. The minimum absolute atomic E-state index is 0.0322. The third-order valence-corrected chi connectivity index (χ3v) is 3.53. The second kappa shape index (κ2) is 5.59. The number of nitrogens with one attached hydrogen (secondary N) is 1. The van der Waals surface area contributed by atoms with Crippen LogP contribution in [0, 0.1) is 0 Å². The van der Waals surface area contributed by atoms with Gasteiger partial charge >= 0.3 is 0 Å². The van der Waals surface area contributed by atoms with Gasteiger partial charge in [-0.15, -0.1) is 0 Å². The van der Waals surface area contributed by atoms with Crippen molar-refractivity contribution in [1.29, 1.82) is 0 Å². The first-order valence-electron chi connectivity index (χ1n) is 6.17. The molecule has 1 rings (SSSR count). The first-order valence-corrected chi connectivity index (χ1v) is 6.17. The van der Waals surface area contributed by atoms with Crippen molar-refractivity contribution in [2.75, 3.05) is 20.6 Å². The number of rotatable bonds is 5. The minimum atomic E-state index is 0.0322. The van der Waals surface area contributed by atoms with Crippen LogP contribution in [0.2, 0.25) is 0 Å². The summed E-state index contributed by atoms with van der Waals surface area (Å²) in [5.41, 5.74) is 0.836. The highest BCUT2D eigenvalue weighted by Crippen LogP contribution is 2.27. The van der Waals surface area contributed by atoms with Crippen LogP contribution < -0.4 is 5.32 Å². The Morgan fingerprint density at radius 3 is 2.39 bits per heavy atom. The molecule has 0 aliphatic heterocycles. The van der Waals surface area contributed by atoms with Crippen LogP contribution in [-0.4, -0.2) is 41.3 Å². The largest absolute Gasteiger partial charge is 0.508 e. The second-order valence-electron chi connectivity index (χ2n) is 5.55. The molecule has 0 amide bonds. The summed E-state index contributed by atoms with van der Waals surface area (Å²) in [4.78, 5) is 2.16. The van der Waals surface area contributed by atoms with Crippen LogP contribution in [0.15, 0.2) is 18.2 Å². The van der Waals surface area contributed by atoms with E-state index in [-0.39, 0.29) is 23.1 Å². The highest BCUT2D eigenvalue weighted by atomic mass is 16.3. The van der Waals surface area contributed by atoms with Gasteiger partial charge in [0.15, 0.2) is 0 Å². The SMILES string of the molecule is CC(NCC(C)(C)N(C)C)c1ccc(O)cc1O. The molecular formula is C14H24N2O2. The number of hydrogen-bond donors (Lipinski definition) is 3. The molecule has 0 spiro atoms. The molecule has 1 atom stereocenters. The lowest BCUT2D eigenvalue weighted by molar-refractivity contribution is 0.185. The molecule has 0 aliphatic carbocycles. The summed E-state index contributed by atoms with van der Waals surface area (Å²) >= 11 is 0. The van der Waals surface area contributed by atoms with Gasteiger partial charge in [-0.05, 0) is 40.9 Å². The molecule has 1 aromatic carbocycles. The predicted molar refractivity (Wildman–Crippen MR) is 74.0 cm³/mol. The quantitative estimate of drug-likeness (QED) is 0.751. The second-order valence-corrected chi connectivity index (χ2v) is 5.55. The molecule has 1 unspecified atom stereocenters. The van der Waals surface area contributed by atoms with E-state index in [0.717, 1.165) is 12.1 Å². The normalized spacial score (nSPS) is 13.9. The highest BCUT2D eigenvalue weighted by molar-refractivity contribution is 5.40. The number of phenols is 2. The summed E-state index contributed by atoms with van der Waals surface area (Å²) in [6.07, 6.45) is 0. The Hall–Kier alpha value is -1.26. The molecule has 0 saturated heterocycles. The van der Waals surface area contributed by atoms with Gasteiger partial charge in [0.2, 0.25) is 0 Å². The van der Waals surface area contributed by atoms with Gasteiger partial charge in [-0.1, -0.05) is 6.07 Å². The molecule has 18 heavy (non-hydrogen) atoms. The van der Waals surface area contributed by atoms with E-state index >= 15 is 0 Å². The fraction of sp³-hybridized carbons (Fsp3) is 0.571. The van der Waals surface area contributed by atoms with Crippen molar-refractivity contribution in [1.82, 2.24) is 10.2 Å². The van der Waals surface area contributed by atoms with Crippen LogP contribution >= 0.6 is 0 Å². The molecule has 4 nitrogen and oxygen atoms in total. The van der Waals surface area contributed by atoms with Crippen LogP contribution in [0.5, 0.6) is 11.5 Å². The summed E-state index contributed by atoms with van der Waals surface area (Å²) < 4.78 is 0. The molecule has 0 saturated carbocycles. The monoisotopic (exact) mass is 252 g/mol. The maximum absolute atomic E-state index is 9.79. The van der Waals surface area contributed by atoms with E-state index in [2.05, 4.69) is 24.1 Å². The topological polar surface area (TPSA) is 55.7 Å². The van der Waals surface area contributed by atoms with Crippen molar-refractivity contribution in [2.45, 2.75) is 32.4 Å². The average Bonchev–Trinajstić information content (AvgIpc) is 2.25. The van der Waals surface area contributed by atoms with Crippen LogP contribution in [-0.2, 0) is 0 Å². The van der Waals surface area contributed by atoms with E-state index in [9.17, 15) is 10.2 Å². The third kappa shape index (κ3) is 3.62. The van der Waals surface area contributed by atoms with Gasteiger partial charge in [0.1, 0.15) is 11.5 Å². The Balaban J connectivity index is 2.69. The van der Waals surface area contributed by atoms with Crippen LogP contribution in [0.1, 0.15) is 32.4 Å². The molecule has 3 N–H and O–H groups in total. The molecule has 0 bridgehead atoms. The fourth-order valence-electron chi connectivity index (χ4n) is 1.57. The lowest BCUT2D eigenvalue weighted by atomic mass is 10.0. The number of nitrogens with zero attached hydrogens (tertiary/aromatic N) is 1. The molecule has 0 aliphatic rings. The zero-order valence-electron chi connectivity index (χ0n) is 11.9. The molecule has 0 heterocycles. The van der Waals surface area contributed by atoms with Crippen LogP contribution in [0.25, 0.3) is 0 Å². The summed E-state index contributed by atoms with van der Waals surface area (Å²) in [5, 5.41) is 22.5. The summed E-state index contributed by atoms with van der Waals surface area (Å²) in [6, 6.07) is 4.73. The maximum Gasteiger partial charge on any atom is 0.124 e. The van der Waals surface area contributed by atoms with Gasteiger partial charge in [0.05, 0.1) is 0 Å². The summed E-state index contributed by atoms with van der Waals surface area (Å²) in [5.74, 6) is 0.203. The van der Waals surface area contributed by atoms with E-state index in [1.807, 2.05) is 21.0 Å². The first-order chi connectivity index (χ1) is 8.24. The number of phenolic OH excluding ortho intramolecular Hbond substituents is 2. The van der Waals surface area contributed by atoms with Crippen LogP contribution in [0.4, 0.5) is 0 Å². The first kappa shape index (κ1) is 14.8. The maximum atomic E-state index is 9.79. The van der Waals surface area contributed by atoms with E-state index in [1.54, 1.807) is 12.1 Å². The number of likely N-dealkylation sites (N-methyl/N-ethyl adjacent to an activating group) is 1. The Morgan fingerprint density at radius 1 is 1.28 bits per heavy atom. The van der Waals surface area contributed by atoms with Gasteiger partial charge in [-0.3, -0.25) is 0 Å². The molecule has 102 valence electrons. The van der Waals surface area contributed by atoms with Gasteiger partial charge in [0.25, 0.3) is 0 Å². The smallest absolute Gasteiger partial charge is 0.124 e. The lowest BCUT2D eigenvalue weighted by Crippen LogP contribution is -2.47. The van der Waals surface area contributed by atoms with Gasteiger partial charge in [-0.25, -0.2) is 0 Å². The molecular weight excluding hydrogens is 228 g/mol. The van der Waals surface area contributed by atoms with E-state index < -0.39 is 0 Å². The van der Waals surface area contributed by atoms with E-state index in [1.165, 1.54) is 6.07 Å². The Morgan fingerprint density at radius 2 is 1.89 bits per heavy atom. The Bertz CT molecular complexity index is 403. The van der Waals surface area contributed by atoms with Crippen molar-refractivity contribution in [3.63, 3.8) is 0 Å². The Kier molecular flexibility index (Phi) is 4.59. The van der Waals surface area contributed by atoms with E-state index in [4.69, 9.17) is 0 Å². The molecule has 0 fully saturated rings. The molecule has 0 radical (unpaired) electrons. The molecule has 1 aromatic rings. The lowest BCUT2D eigenvalue weighted by Gasteiger charge is -2.34. The summed E-state index contributed by atoms with van der Waals surface area (Å²) in [7, 11) is 4.09. The predicted octanol–water partition coefficient (Wildman–Crippen LogP) is 2.09. The Labute approximate surface area is 109 Å². The minimum Gasteiger partial charge on any atom is -0.508 e. The van der Waals surface area contributed by atoms with Crippen molar-refractivity contribution in [3.05, 3.63) is 23.8 Å². The van der Waals surface area contributed by atoms with Crippen molar-refractivity contribution in [2.24, 2.45) is 0 Å². The standard InChI is InChI=1S/C14H24N2O2/c1-10(15-9-14(2,3)16(4)5)12-7-6-11(17)8-13(12)18/h6-8,10,15,17-18H,9H2,1-5H3. The fourth-order valence-corrected chi connectivity index (χ4v) is 1.57.